The molecule has 0 saturated carbocycles. The zero-order valence-electron chi connectivity index (χ0n) is 11.0. The van der Waals surface area contributed by atoms with E-state index >= 15 is 0 Å². The molecule has 108 valence electrons. The number of nitrogens with one attached hydrogen (secondary N) is 1. The summed E-state index contributed by atoms with van der Waals surface area (Å²) in [5.41, 5.74) is 0.650. The summed E-state index contributed by atoms with van der Waals surface area (Å²) in [5, 5.41) is 9.20. The van der Waals surface area contributed by atoms with Crippen molar-refractivity contribution < 1.29 is 9.90 Å². The van der Waals surface area contributed by atoms with E-state index in [1.807, 2.05) is 13.0 Å². The Balaban J connectivity index is 2.24. The van der Waals surface area contributed by atoms with Gasteiger partial charge in [-0.3, -0.25) is 4.57 Å². The van der Waals surface area contributed by atoms with E-state index < -0.39 is 5.97 Å². The zero-order chi connectivity index (χ0) is 15.1. The number of H-pyrrole nitrogens is 1. The van der Waals surface area contributed by atoms with Gasteiger partial charge in [0.15, 0.2) is 0 Å². The van der Waals surface area contributed by atoms with Gasteiger partial charge in [-0.1, -0.05) is 17.7 Å². The maximum absolute atomic E-state index is 12.2. The molecule has 5 nitrogen and oxygen atoms in total. The molecule has 0 fully saturated rings. The minimum Gasteiger partial charge on any atom is -0.478 e. The van der Waals surface area contributed by atoms with E-state index in [2.05, 4.69) is 4.98 Å². The Morgan fingerprint density at radius 1 is 1.38 bits per heavy atom. The molecule has 3 rings (SSSR count). The van der Waals surface area contributed by atoms with Crippen molar-refractivity contribution in [1.82, 2.24) is 9.55 Å². The van der Waals surface area contributed by atoms with Crippen LogP contribution in [-0.4, -0.2) is 20.6 Å². The normalized spacial score (nSPS) is 12.7. The maximum Gasteiger partial charge on any atom is 0.337 e. The number of halogens is 1. The van der Waals surface area contributed by atoms with Crippen LogP contribution in [0.25, 0.3) is 11.0 Å². The number of carboxylic acids is 1. The number of carboxylic acid groups (broad SMARTS) is 1. The van der Waals surface area contributed by atoms with Gasteiger partial charge in [0, 0.05) is 4.88 Å². The molecule has 3 aromatic rings. The highest BCUT2D eigenvalue weighted by molar-refractivity contribution is 7.16. The molecular formula is C14H11ClN2O3S. The van der Waals surface area contributed by atoms with Crippen molar-refractivity contribution in [2.45, 2.75) is 13.0 Å². The Morgan fingerprint density at radius 2 is 2.14 bits per heavy atom. The van der Waals surface area contributed by atoms with E-state index in [4.69, 9.17) is 11.6 Å². The summed E-state index contributed by atoms with van der Waals surface area (Å²) in [6.07, 6.45) is 0. The molecule has 0 aliphatic rings. The first-order valence-electron chi connectivity index (χ1n) is 6.21. The number of aromatic nitrogens is 2. The van der Waals surface area contributed by atoms with Crippen LogP contribution >= 0.6 is 22.9 Å². The van der Waals surface area contributed by atoms with E-state index in [1.54, 1.807) is 22.8 Å². The molecular weight excluding hydrogens is 312 g/mol. The number of para-hydroxylation sites is 1. The number of aromatic carboxylic acids is 1. The number of nitrogens with zero attached hydrogens (tertiary/aromatic N) is 1. The lowest BCUT2D eigenvalue weighted by Gasteiger charge is -2.11. The minimum absolute atomic E-state index is 0.0831. The molecule has 0 radical (unpaired) electrons. The van der Waals surface area contributed by atoms with Crippen LogP contribution < -0.4 is 5.69 Å². The van der Waals surface area contributed by atoms with Crippen LogP contribution in [0.4, 0.5) is 0 Å². The number of aromatic amines is 1. The fourth-order valence-corrected chi connectivity index (χ4v) is 3.50. The topological polar surface area (TPSA) is 75.1 Å². The highest BCUT2D eigenvalue weighted by atomic mass is 35.5. The third-order valence-electron chi connectivity index (χ3n) is 3.38. The van der Waals surface area contributed by atoms with Gasteiger partial charge in [-0.05, 0) is 31.2 Å². The fraction of sp³-hybridized carbons (Fsp3) is 0.143. The van der Waals surface area contributed by atoms with Gasteiger partial charge in [-0.25, -0.2) is 9.59 Å². The fourth-order valence-electron chi connectivity index (χ4n) is 2.39. The van der Waals surface area contributed by atoms with Crippen LogP contribution in [0, 0.1) is 0 Å². The Hall–Kier alpha value is -2.05. The average molecular weight is 323 g/mol. The summed E-state index contributed by atoms with van der Waals surface area (Å²) >= 11 is 7.33. The number of fused-ring (bicyclic) bond motifs is 1. The Bertz CT molecular complexity index is 893. The van der Waals surface area contributed by atoms with Gasteiger partial charge >= 0.3 is 11.7 Å². The second-order valence-corrected chi connectivity index (χ2v) is 6.37. The summed E-state index contributed by atoms with van der Waals surface area (Å²) in [5.74, 6) is -1.07. The highest BCUT2D eigenvalue weighted by Gasteiger charge is 2.19. The molecule has 0 saturated heterocycles. The van der Waals surface area contributed by atoms with Crippen molar-refractivity contribution >= 4 is 39.9 Å². The second kappa shape index (κ2) is 5.05. The van der Waals surface area contributed by atoms with Crippen molar-refractivity contribution in [2.75, 3.05) is 0 Å². The number of rotatable bonds is 3. The summed E-state index contributed by atoms with van der Waals surface area (Å²) in [4.78, 5) is 27.0. The summed E-state index contributed by atoms with van der Waals surface area (Å²) in [6, 6.07) is 8.24. The Labute approximate surface area is 128 Å². The molecule has 1 aromatic carbocycles. The molecule has 1 atom stereocenters. The van der Waals surface area contributed by atoms with Crippen molar-refractivity contribution in [3.8, 4) is 0 Å². The molecule has 2 heterocycles. The first-order chi connectivity index (χ1) is 9.99. The number of hydrogen-bond acceptors (Lipinski definition) is 3. The molecule has 0 amide bonds. The average Bonchev–Trinajstić information content (AvgIpc) is 3.00. The number of imidazole rings is 1. The van der Waals surface area contributed by atoms with Crippen LogP contribution in [0.1, 0.15) is 28.2 Å². The van der Waals surface area contributed by atoms with Crippen molar-refractivity contribution in [3.63, 3.8) is 0 Å². The highest BCUT2D eigenvalue weighted by Crippen LogP contribution is 2.30. The molecule has 0 aliphatic carbocycles. The van der Waals surface area contributed by atoms with Crippen molar-refractivity contribution in [1.29, 1.82) is 0 Å². The van der Waals surface area contributed by atoms with E-state index in [0.29, 0.717) is 15.4 Å². The van der Waals surface area contributed by atoms with E-state index in [1.165, 1.54) is 17.4 Å². The third kappa shape index (κ3) is 2.26. The minimum atomic E-state index is -1.07. The lowest BCUT2D eigenvalue weighted by molar-refractivity contribution is 0.0699. The Kier molecular flexibility index (Phi) is 3.35. The first-order valence-corrected chi connectivity index (χ1v) is 7.40. The largest absolute Gasteiger partial charge is 0.478 e. The molecule has 0 bridgehead atoms. The van der Waals surface area contributed by atoms with Gasteiger partial charge in [0.25, 0.3) is 0 Å². The Morgan fingerprint density at radius 3 is 2.76 bits per heavy atom. The van der Waals surface area contributed by atoms with Gasteiger partial charge < -0.3 is 10.1 Å². The smallest absolute Gasteiger partial charge is 0.337 e. The SMILES string of the molecule is CC(c1ccc(Cl)s1)n1c(=O)[nH]c2c(C(=O)O)cccc21. The van der Waals surface area contributed by atoms with E-state index in [-0.39, 0.29) is 17.3 Å². The van der Waals surface area contributed by atoms with Gasteiger partial charge in [0.05, 0.1) is 27.0 Å². The standard InChI is InChI=1S/C14H11ClN2O3S/c1-7(10-5-6-11(15)21-10)17-9-4-2-3-8(13(18)19)12(9)16-14(17)20/h2-7H,1H3,(H,16,20)(H,18,19). The van der Waals surface area contributed by atoms with E-state index in [0.717, 1.165) is 4.88 Å². The molecule has 2 aromatic heterocycles. The van der Waals surface area contributed by atoms with E-state index in [9.17, 15) is 14.7 Å². The van der Waals surface area contributed by atoms with Crippen LogP contribution in [0.3, 0.4) is 0 Å². The summed E-state index contributed by atoms with van der Waals surface area (Å²) < 4.78 is 2.19. The number of thiophene rings is 1. The third-order valence-corrected chi connectivity index (χ3v) is 4.78. The van der Waals surface area contributed by atoms with Gasteiger partial charge in [-0.2, -0.15) is 0 Å². The number of benzene rings is 1. The first kappa shape index (κ1) is 13.9. The lowest BCUT2D eigenvalue weighted by atomic mass is 10.1. The molecule has 21 heavy (non-hydrogen) atoms. The molecule has 0 aliphatic heterocycles. The van der Waals surface area contributed by atoms with Gasteiger partial charge in [0.2, 0.25) is 0 Å². The maximum atomic E-state index is 12.2. The van der Waals surface area contributed by atoms with Crippen molar-refractivity contribution in [3.05, 3.63) is 55.6 Å². The molecule has 7 heteroatoms. The molecule has 2 N–H and O–H groups in total. The number of hydrogen-bond donors (Lipinski definition) is 2. The monoisotopic (exact) mass is 322 g/mol. The molecule has 0 spiro atoms. The van der Waals surface area contributed by atoms with Gasteiger partial charge in [-0.15, -0.1) is 11.3 Å². The quantitative estimate of drug-likeness (QED) is 0.776. The van der Waals surface area contributed by atoms with Crippen LogP contribution in [0.15, 0.2) is 35.1 Å². The van der Waals surface area contributed by atoms with Crippen LogP contribution in [0.2, 0.25) is 4.34 Å². The molecule has 1 unspecified atom stereocenters. The number of carbonyl (C=O) groups is 1. The van der Waals surface area contributed by atoms with Gasteiger partial charge in [0.1, 0.15) is 0 Å². The zero-order valence-corrected chi connectivity index (χ0v) is 12.5. The predicted molar refractivity (Wildman–Crippen MR) is 82.7 cm³/mol. The van der Waals surface area contributed by atoms with Crippen LogP contribution in [0.5, 0.6) is 0 Å². The lowest BCUT2D eigenvalue weighted by Crippen LogP contribution is -2.20. The van der Waals surface area contributed by atoms with Crippen molar-refractivity contribution in [2.24, 2.45) is 0 Å². The second-order valence-electron chi connectivity index (χ2n) is 4.62. The van der Waals surface area contributed by atoms with Crippen LogP contribution in [-0.2, 0) is 0 Å². The predicted octanol–water partition coefficient (Wildman–Crippen LogP) is 3.35. The summed E-state index contributed by atoms with van der Waals surface area (Å²) in [7, 11) is 0. The summed E-state index contributed by atoms with van der Waals surface area (Å²) in [6.45, 7) is 1.88.